The van der Waals surface area contributed by atoms with Crippen molar-refractivity contribution in [3.63, 3.8) is 0 Å². The van der Waals surface area contributed by atoms with Crippen LogP contribution < -0.4 is 10.6 Å². The Balaban J connectivity index is 0.00000392. The molecule has 0 aliphatic carbocycles. The van der Waals surface area contributed by atoms with Crippen molar-refractivity contribution in [2.75, 3.05) is 33.4 Å². The van der Waals surface area contributed by atoms with Gasteiger partial charge in [-0.25, -0.2) is 0 Å². The van der Waals surface area contributed by atoms with Crippen molar-refractivity contribution in [2.45, 2.75) is 32.5 Å². The highest BCUT2D eigenvalue weighted by Gasteiger charge is 2.04. The van der Waals surface area contributed by atoms with E-state index in [9.17, 15) is 0 Å². The van der Waals surface area contributed by atoms with Gasteiger partial charge in [0.25, 0.3) is 0 Å². The Morgan fingerprint density at radius 3 is 2.39 bits per heavy atom. The van der Waals surface area contributed by atoms with E-state index >= 15 is 0 Å². The average molecular weight is 501 g/mol. The summed E-state index contributed by atoms with van der Waals surface area (Å²) in [7, 11) is 1.77. The van der Waals surface area contributed by atoms with Crippen LogP contribution in [0, 0.1) is 0 Å². The Bertz CT molecular complexity index is 636. The Kier molecular flexibility index (Phi) is 13.4. The van der Waals surface area contributed by atoms with Crippen LogP contribution in [0.3, 0.4) is 0 Å². The molecule has 2 aromatic rings. The first-order chi connectivity index (χ1) is 13.3. The SMILES string of the molecule is CN=C(NCCCOCc1ccco1)NCCCOC(C)c1ccccc1.I. The molecular weight excluding hydrogens is 469 g/mol. The molecule has 6 nitrogen and oxygen atoms in total. The fraction of sp³-hybridized carbons (Fsp3) is 0.476. The van der Waals surface area contributed by atoms with Gasteiger partial charge in [0.05, 0.1) is 12.4 Å². The molecule has 2 rings (SSSR count). The highest BCUT2D eigenvalue weighted by Crippen LogP contribution is 2.15. The number of halogens is 1. The lowest BCUT2D eigenvalue weighted by Crippen LogP contribution is -2.38. The molecule has 28 heavy (non-hydrogen) atoms. The smallest absolute Gasteiger partial charge is 0.190 e. The van der Waals surface area contributed by atoms with Crippen LogP contribution in [0.15, 0.2) is 58.1 Å². The van der Waals surface area contributed by atoms with Crippen LogP contribution in [0.5, 0.6) is 0 Å². The number of aliphatic imine (C=N–C) groups is 1. The van der Waals surface area contributed by atoms with Crippen molar-refractivity contribution in [1.82, 2.24) is 10.6 Å². The molecule has 7 heteroatoms. The van der Waals surface area contributed by atoms with Crippen LogP contribution in [-0.4, -0.2) is 39.3 Å². The van der Waals surface area contributed by atoms with Crippen LogP contribution in [0.25, 0.3) is 0 Å². The second kappa shape index (κ2) is 15.4. The van der Waals surface area contributed by atoms with Gasteiger partial charge in [0.1, 0.15) is 12.4 Å². The van der Waals surface area contributed by atoms with Crippen molar-refractivity contribution in [3.05, 3.63) is 60.1 Å². The number of guanidine groups is 1. The molecule has 1 heterocycles. The molecule has 0 fully saturated rings. The molecule has 1 aromatic heterocycles. The first-order valence-electron chi connectivity index (χ1n) is 9.51. The summed E-state index contributed by atoms with van der Waals surface area (Å²) in [5, 5.41) is 6.58. The summed E-state index contributed by atoms with van der Waals surface area (Å²) in [5.74, 6) is 1.65. The third-order valence-corrected chi connectivity index (χ3v) is 4.06. The number of hydrogen-bond acceptors (Lipinski definition) is 4. The maximum Gasteiger partial charge on any atom is 0.190 e. The van der Waals surface area contributed by atoms with Crippen molar-refractivity contribution >= 4 is 29.9 Å². The van der Waals surface area contributed by atoms with E-state index < -0.39 is 0 Å². The Morgan fingerprint density at radius 2 is 1.75 bits per heavy atom. The van der Waals surface area contributed by atoms with Gasteiger partial charge in [-0.1, -0.05) is 30.3 Å². The van der Waals surface area contributed by atoms with Gasteiger partial charge < -0.3 is 24.5 Å². The van der Waals surface area contributed by atoms with E-state index in [1.165, 1.54) is 5.56 Å². The zero-order valence-electron chi connectivity index (χ0n) is 16.7. The third kappa shape index (κ3) is 10.1. The van der Waals surface area contributed by atoms with E-state index in [1.54, 1.807) is 13.3 Å². The first kappa shape index (κ1) is 24.5. The van der Waals surface area contributed by atoms with Crippen LogP contribution in [0.2, 0.25) is 0 Å². The average Bonchev–Trinajstić information content (AvgIpc) is 3.22. The van der Waals surface area contributed by atoms with E-state index in [4.69, 9.17) is 13.9 Å². The number of nitrogens with zero attached hydrogens (tertiary/aromatic N) is 1. The van der Waals surface area contributed by atoms with Crippen LogP contribution in [-0.2, 0) is 16.1 Å². The summed E-state index contributed by atoms with van der Waals surface area (Å²) in [4.78, 5) is 4.22. The molecule has 2 N–H and O–H groups in total. The number of hydrogen-bond donors (Lipinski definition) is 2. The monoisotopic (exact) mass is 501 g/mol. The number of nitrogens with one attached hydrogen (secondary N) is 2. The minimum Gasteiger partial charge on any atom is -0.467 e. The van der Waals surface area contributed by atoms with Gasteiger partial charge in [0, 0.05) is 33.4 Å². The molecule has 0 aliphatic rings. The van der Waals surface area contributed by atoms with Crippen LogP contribution in [0.1, 0.15) is 37.2 Å². The van der Waals surface area contributed by atoms with E-state index in [2.05, 4.69) is 34.7 Å². The second-order valence-corrected chi connectivity index (χ2v) is 6.19. The topological polar surface area (TPSA) is 68.0 Å². The minimum absolute atomic E-state index is 0. The van der Waals surface area contributed by atoms with Crippen molar-refractivity contribution in [2.24, 2.45) is 4.99 Å². The summed E-state index contributed by atoms with van der Waals surface area (Å²) in [6.45, 7) is 5.60. The highest BCUT2D eigenvalue weighted by atomic mass is 127. The van der Waals surface area contributed by atoms with Gasteiger partial charge in [-0.3, -0.25) is 4.99 Å². The van der Waals surface area contributed by atoms with Gasteiger partial charge in [0.2, 0.25) is 0 Å². The van der Waals surface area contributed by atoms with Crippen molar-refractivity contribution < 1.29 is 13.9 Å². The maximum atomic E-state index is 5.88. The largest absolute Gasteiger partial charge is 0.467 e. The highest BCUT2D eigenvalue weighted by molar-refractivity contribution is 14.0. The zero-order chi connectivity index (χ0) is 19.2. The number of furan rings is 1. The molecule has 156 valence electrons. The van der Waals surface area contributed by atoms with Gasteiger partial charge >= 0.3 is 0 Å². The quantitative estimate of drug-likeness (QED) is 0.198. The molecule has 1 unspecified atom stereocenters. The Morgan fingerprint density at radius 1 is 1.04 bits per heavy atom. The Labute approximate surface area is 185 Å². The molecule has 1 aromatic carbocycles. The minimum atomic E-state index is 0. The predicted molar refractivity (Wildman–Crippen MR) is 123 cm³/mol. The van der Waals surface area contributed by atoms with Crippen LogP contribution in [0.4, 0.5) is 0 Å². The van der Waals surface area contributed by atoms with Gasteiger partial charge in [0.15, 0.2) is 5.96 Å². The normalized spacial score (nSPS) is 12.3. The van der Waals surface area contributed by atoms with Crippen molar-refractivity contribution in [3.8, 4) is 0 Å². The molecule has 1 atom stereocenters. The molecule has 0 amide bonds. The first-order valence-corrected chi connectivity index (χ1v) is 9.51. The summed E-state index contributed by atoms with van der Waals surface area (Å²) in [5.41, 5.74) is 1.21. The molecule has 0 aliphatic heterocycles. The molecule has 0 radical (unpaired) electrons. The number of benzene rings is 1. The summed E-state index contributed by atoms with van der Waals surface area (Å²) in [6, 6.07) is 14.0. The van der Waals surface area contributed by atoms with Gasteiger partial charge in [-0.15, -0.1) is 24.0 Å². The lowest BCUT2D eigenvalue weighted by molar-refractivity contribution is 0.0646. The van der Waals surface area contributed by atoms with E-state index in [0.29, 0.717) is 19.8 Å². The van der Waals surface area contributed by atoms with Crippen molar-refractivity contribution in [1.29, 1.82) is 0 Å². The van der Waals surface area contributed by atoms with Gasteiger partial charge in [-0.05, 0) is 37.5 Å². The standard InChI is InChI=1S/C21H31N3O3.HI/c1-18(19-9-4-3-5-10-19)26-16-8-13-24-21(22-2)23-12-7-14-25-17-20-11-6-15-27-20;/h3-6,9-11,15,18H,7-8,12-14,16-17H2,1-2H3,(H2,22,23,24);1H. The molecule has 0 saturated heterocycles. The zero-order valence-corrected chi connectivity index (χ0v) is 19.1. The second-order valence-electron chi connectivity index (χ2n) is 6.19. The fourth-order valence-electron chi connectivity index (χ4n) is 2.53. The predicted octanol–water partition coefficient (Wildman–Crippen LogP) is 4.14. The lowest BCUT2D eigenvalue weighted by atomic mass is 10.1. The Hall–Kier alpha value is -1.58. The molecular formula is C21H32IN3O3. The summed E-state index contributed by atoms with van der Waals surface area (Å²) >= 11 is 0. The summed E-state index contributed by atoms with van der Waals surface area (Å²) < 4.78 is 16.6. The maximum absolute atomic E-state index is 5.88. The third-order valence-electron chi connectivity index (χ3n) is 4.06. The van der Waals surface area contributed by atoms with E-state index in [0.717, 1.165) is 37.7 Å². The van der Waals surface area contributed by atoms with E-state index in [1.807, 2.05) is 30.3 Å². The number of rotatable bonds is 12. The fourth-order valence-corrected chi connectivity index (χ4v) is 2.53. The molecule has 0 spiro atoms. The number of ether oxygens (including phenoxy) is 2. The summed E-state index contributed by atoms with van der Waals surface area (Å²) in [6.07, 6.45) is 3.59. The molecule has 0 saturated carbocycles. The van der Waals surface area contributed by atoms with Crippen LogP contribution >= 0.6 is 24.0 Å². The lowest BCUT2D eigenvalue weighted by Gasteiger charge is -2.15. The molecule has 0 bridgehead atoms. The van der Waals surface area contributed by atoms with Gasteiger partial charge in [-0.2, -0.15) is 0 Å². The van der Waals surface area contributed by atoms with E-state index in [-0.39, 0.29) is 30.1 Å².